The molecule has 0 radical (unpaired) electrons. The number of aldehydes is 1. The monoisotopic (exact) mass is 210 g/mol. The fourth-order valence-electron chi connectivity index (χ4n) is 0.918. The Morgan fingerprint density at radius 2 is 1.93 bits per heavy atom. The Morgan fingerprint density at radius 3 is 2.50 bits per heavy atom. The summed E-state index contributed by atoms with van der Waals surface area (Å²) < 4.78 is 5.35. The van der Waals surface area contributed by atoms with Gasteiger partial charge in [-0.25, -0.2) is 0 Å². The maximum Gasteiger partial charge on any atom is 0.150 e. The average molecular weight is 211 g/mol. The normalized spacial score (nSPS) is 10.4. The van der Waals surface area contributed by atoms with Crippen molar-refractivity contribution in [1.82, 2.24) is 0 Å². The fourth-order valence-corrected chi connectivity index (χ4v) is 1.04. The molecule has 2 nitrogen and oxygen atoms in total. The molecule has 1 aromatic rings. The first-order valence-electron chi connectivity index (χ1n) is 4.26. The third kappa shape index (κ3) is 3.62. The van der Waals surface area contributed by atoms with Gasteiger partial charge < -0.3 is 4.74 Å². The zero-order valence-corrected chi connectivity index (χ0v) is 8.41. The van der Waals surface area contributed by atoms with Crippen LogP contribution in [-0.4, -0.2) is 18.8 Å². The predicted octanol–water partition coefficient (Wildman–Crippen LogP) is 2.67. The lowest BCUT2D eigenvalue weighted by atomic mass is 10.2. The molecule has 0 aliphatic carbocycles. The third-order valence-electron chi connectivity index (χ3n) is 1.62. The standard InChI is InChI=1S/C11H11ClO2/c12-7-1-2-8-14-11-5-3-10(9-13)4-6-11/h1-6,9H,7-8H2/b2-1+. The number of hydrogen-bond donors (Lipinski definition) is 0. The van der Waals surface area contributed by atoms with Crippen LogP contribution in [0.2, 0.25) is 0 Å². The van der Waals surface area contributed by atoms with E-state index in [4.69, 9.17) is 16.3 Å². The van der Waals surface area contributed by atoms with Crippen molar-refractivity contribution in [2.24, 2.45) is 0 Å². The Balaban J connectivity index is 2.43. The van der Waals surface area contributed by atoms with Crippen LogP contribution in [0, 0.1) is 0 Å². The summed E-state index contributed by atoms with van der Waals surface area (Å²) in [6, 6.07) is 6.96. The van der Waals surface area contributed by atoms with Crippen molar-refractivity contribution in [2.45, 2.75) is 0 Å². The lowest BCUT2D eigenvalue weighted by Crippen LogP contribution is -1.93. The topological polar surface area (TPSA) is 26.3 Å². The summed E-state index contributed by atoms with van der Waals surface area (Å²) >= 11 is 5.44. The Bertz CT molecular complexity index is 304. The second-order valence-corrected chi connectivity index (χ2v) is 2.93. The average Bonchev–Trinajstić information content (AvgIpc) is 2.25. The Morgan fingerprint density at radius 1 is 1.21 bits per heavy atom. The number of rotatable bonds is 5. The van der Waals surface area contributed by atoms with Crippen molar-refractivity contribution < 1.29 is 9.53 Å². The van der Waals surface area contributed by atoms with Gasteiger partial charge in [0, 0.05) is 11.4 Å². The van der Waals surface area contributed by atoms with E-state index in [0.717, 1.165) is 12.0 Å². The second-order valence-electron chi connectivity index (χ2n) is 2.62. The molecule has 74 valence electrons. The minimum absolute atomic E-state index is 0.493. The van der Waals surface area contributed by atoms with Crippen LogP contribution in [0.4, 0.5) is 0 Å². The number of carbonyl (C=O) groups excluding carboxylic acids is 1. The molecule has 14 heavy (non-hydrogen) atoms. The summed E-state index contributed by atoms with van der Waals surface area (Å²) in [5.74, 6) is 1.24. The summed E-state index contributed by atoms with van der Waals surface area (Å²) in [7, 11) is 0. The predicted molar refractivity (Wildman–Crippen MR) is 57.2 cm³/mol. The smallest absolute Gasteiger partial charge is 0.150 e. The van der Waals surface area contributed by atoms with Gasteiger partial charge in [-0.05, 0) is 24.3 Å². The van der Waals surface area contributed by atoms with Gasteiger partial charge in [0.25, 0.3) is 0 Å². The Labute approximate surface area is 88.1 Å². The van der Waals surface area contributed by atoms with E-state index < -0.39 is 0 Å². The van der Waals surface area contributed by atoms with Gasteiger partial charge in [-0.15, -0.1) is 11.6 Å². The van der Waals surface area contributed by atoms with Crippen LogP contribution in [-0.2, 0) is 0 Å². The van der Waals surface area contributed by atoms with E-state index in [-0.39, 0.29) is 0 Å². The molecule has 1 rings (SSSR count). The molecule has 0 bridgehead atoms. The van der Waals surface area contributed by atoms with Crippen LogP contribution in [0.15, 0.2) is 36.4 Å². The lowest BCUT2D eigenvalue weighted by Gasteiger charge is -2.02. The molecular formula is C11H11ClO2. The van der Waals surface area contributed by atoms with Crippen LogP contribution in [0.25, 0.3) is 0 Å². The number of alkyl halides is 1. The summed E-state index contributed by atoms with van der Waals surface area (Å²) in [6.07, 6.45) is 4.47. The number of allylic oxidation sites excluding steroid dienone is 1. The van der Waals surface area contributed by atoms with Crippen molar-refractivity contribution in [1.29, 1.82) is 0 Å². The minimum atomic E-state index is 0.493. The molecule has 0 aromatic heterocycles. The Hall–Kier alpha value is -1.28. The maximum absolute atomic E-state index is 10.4. The first kappa shape index (κ1) is 10.8. The van der Waals surface area contributed by atoms with Gasteiger partial charge in [0.2, 0.25) is 0 Å². The number of ether oxygens (including phenoxy) is 1. The second kappa shape index (κ2) is 6.22. The highest BCUT2D eigenvalue weighted by atomic mass is 35.5. The van der Waals surface area contributed by atoms with E-state index in [2.05, 4.69) is 0 Å². The number of carbonyl (C=O) groups is 1. The molecule has 3 heteroatoms. The van der Waals surface area contributed by atoms with Crippen LogP contribution in [0.1, 0.15) is 10.4 Å². The lowest BCUT2D eigenvalue weighted by molar-refractivity contribution is 0.112. The van der Waals surface area contributed by atoms with Crippen LogP contribution >= 0.6 is 11.6 Å². The summed E-state index contributed by atoms with van der Waals surface area (Å²) in [5, 5.41) is 0. The molecule has 0 heterocycles. The van der Waals surface area contributed by atoms with E-state index in [9.17, 15) is 4.79 Å². The van der Waals surface area contributed by atoms with Gasteiger partial charge >= 0.3 is 0 Å². The zero-order chi connectivity index (χ0) is 10.2. The molecule has 0 saturated carbocycles. The van der Waals surface area contributed by atoms with Crippen LogP contribution in [0.5, 0.6) is 5.75 Å². The summed E-state index contributed by atoms with van der Waals surface area (Å²) in [6.45, 7) is 0.493. The van der Waals surface area contributed by atoms with E-state index in [1.807, 2.05) is 12.2 Å². The first-order valence-corrected chi connectivity index (χ1v) is 4.79. The molecule has 0 fully saturated rings. The molecule has 1 aromatic carbocycles. The van der Waals surface area contributed by atoms with Gasteiger partial charge in [0.05, 0.1) is 0 Å². The molecule has 0 atom stereocenters. The number of hydrogen-bond acceptors (Lipinski definition) is 2. The molecule has 0 amide bonds. The molecule has 0 N–H and O–H groups in total. The van der Waals surface area contributed by atoms with Gasteiger partial charge in [-0.2, -0.15) is 0 Å². The van der Waals surface area contributed by atoms with Crippen molar-refractivity contribution in [3.05, 3.63) is 42.0 Å². The SMILES string of the molecule is O=Cc1ccc(OC/C=C/CCl)cc1. The quantitative estimate of drug-likeness (QED) is 0.424. The van der Waals surface area contributed by atoms with E-state index in [1.165, 1.54) is 0 Å². The largest absolute Gasteiger partial charge is 0.490 e. The van der Waals surface area contributed by atoms with Crippen molar-refractivity contribution in [3.8, 4) is 5.75 Å². The first-order chi connectivity index (χ1) is 6.86. The maximum atomic E-state index is 10.4. The van der Waals surface area contributed by atoms with Crippen LogP contribution in [0.3, 0.4) is 0 Å². The summed E-state index contributed by atoms with van der Waals surface area (Å²) in [5.41, 5.74) is 0.647. The van der Waals surface area contributed by atoms with E-state index in [1.54, 1.807) is 24.3 Å². The molecule has 0 spiro atoms. The highest BCUT2D eigenvalue weighted by Crippen LogP contribution is 2.10. The third-order valence-corrected chi connectivity index (χ3v) is 1.80. The zero-order valence-electron chi connectivity index (χ0n) is 7.65. The van der Waals surface area contributed by atoms with Crippen molar-refractivity contribution in [3.63, 3.8) is 0 Å². The van der Waals surface area contributed by atoms with E-state index >= 15 is 0 Å². The van der Waals surface area contributed by atoms with Gasteiger partial charge in [-0.1, -0.05) is 12.2 Å². The Kier molecular flexibility index (Phi) is 4.79. The molecular weight excluding hydrogens is 200 g/mol. The molecule has 0 unspecified atom stereocenters. The molecule has 0 aliphatic rings. The van der Waals surface area contributed by atoms with Crippen molar-refractivity contribution in [2.75, 3.05) is 12.5 Å². The highest BCUT2D eigenvalue weighted by molar-refractivity contribution is 6.18. The van der Waals surface area contributed by atoms with Gasteiger partial charge in [0.1, 0.15) is 18.6 Å². The number of benzene rings is 1. The van der Waals surface area contributed by atoms with E-state index in [0.29, 0.717) is 18.1 Å². The van der Waals surface area contributed by atoms with Gasteiger partial charge in [-0.3, -0.25) is 4.79 Å². The van der Waals surface area contributed by atoms with Gasteiger partial charge in [0.15, 0.2) is 0 Å². The molecule has 0 aliphatic heterocycles. The fraction of sp³-hybridized carbons (Fsp3) is 0.182. The summed E-state index contributed by atoms with van der Waals surface area (Å²) in [4.78, 5) is 10.4. The van der Waals surface area contributed by atoms with Crippen LogP contribution < -0.4 is 4.74 Å². The minimum Gasteiger partial charge on any atom is -0.490 e. The highest BCUT2D eigenvalue weighted by Gasteiger charge is 1.92. The van der Waals surface area contributed by atoms with Crippen molar-refractivity contribution >= 4 is 17.9 Å². The number of halogens is 1. The molecule has 0 saturated heterocycles.